The molecular formula is C15H22N2O. The molecule has 0 heterocycles. The van der Waals surface area contributed by atoms with Crippen molar-refractivity contribution in [3.8, 4) is 0 Å². The van der Waals surface area contributed by atoms with Gasteiger partial charge in [-0.3, -0.25) is 4.79 Å². The summed E-state index contributed by atoms with van der Waals surface area (Å²) >= 11 is 0. The monoisotopic (exact) mass is 246 g/mol. The van der Waals surface area contributed by atoms with Gasteiger partial charge >= 0.3 is 0 Å². The van der Waals surface area contributed by atoms with E-state index in [0.717, 1.165) is 25.7 Å². The van der Waals surface area contributed by atoms with Crippen molar-refractivity contribution in [1.29, 1.82) is 0 Å². The van der Waals surface area contributed by atoms with Crippen LogP contribution in [0.15, 0.2) is 24.3 Å². The highest BCUT2D eigenvalue weighted by molar-refractivity contribution is 5.76. The molecule has 1 aromatic rings. The molecule has 0 aromatic heterocycles. The summed E-state index contributed by atoms with van der Waals surface area (Å²) in [5, 5.41) is 3.12. The maximum Gasteiger partial charge on any atom is 0.220 e. The van der Waals surface area contributed by atoms with Gasteiger partial charge in [-0.15, -0.1) is 0 Å². The van der Waals surface area contributed by atoms with Gasteiger partial charge in [-0.2, -0.15) is 0 Å². The third-order valence-corrected chi connectivity index (χ3v) is 3.48. The summed E-state index contributed by atoms with van der Waals surface area (Å²) in [6.45, 7) is 1.98. The first-order valence-corrected chi connectivity index (χ1v) is 6.77. The predicted molar refractivity (Wildman–Crippen MR) is 73.3 cm³/mol. The van der Waals surface area contributed by atoms with Crippen molar-refractivity contribution in [3.05, 3.63) is 35.4 Å². The number of nitrogens with two attached hydrogens (primary N) is 1. The number of nitrogens with one attached hydrogen (secondary N) is 1. The zero-order valence-electron chi connectivity index (χ0n) is 11.0. The quantitative estimate of drug-likeness (QED) is 0.832. The van der Waals surface area contributed by atoms with E-state index in [2.05, 4.69) is 29.6 Å². The van der Waals surface area contributed by atoms with Gasteiger partial charge in [0, 0.05) is 18.5 Å². The highest BCUT2D eigenvalue weighted by atomic mass is 16.1. The molecule has 1 unspecified atom stereocenters. The summed E-state index contributed by atoms with van der Waals surface area (Å²) in [4.78, 5) is 11.8. The van der Waals surface area contributed by atoms with Crippen molar-refractivity contribution in [3.63, 3.8) is 0 Å². The van der Waals surface area contributed by atoms with Crippen molar-refractivity contribution in [1.82, 2.24) is 5.32 Å². The fraction of sp³-hybridized carbons (Fsp3) is 0.533. The molecule has 3 heteroatoms. The lowest BCUT2D eigenvalue weighted by Gasteiger charge is -2.12. The number of rotatable bonds is 5. The zero-order chi connectivity index (χ0) is 13.0. The molecule has 0 saturated carbocycles. The van der Waals surface area contributed by atoms with Crippen molar-refractivity contribution in [2.75, 3.05) is 0 Å². The van der Waals surface area contributed by atoms with E-state index in [1.54, 1.807) is 0 Å². The molecule has 1 atom stereocenters. The molecular weight excluding hydrogens is 224 g/mol. The molecule has 1 aliphatic rings. The van der Waals surface area contributed by atoms with E-state index in [4.69, 9.17) is 5.73 Å². The Kier molecular flexibility index (Phi) is 4.37. The molecule has 0 aliphatic heterocycles. The minimum absolute atomic E-state index is 0.161. The van der Waals surface area contributed by atoms with Crippen LogP contribution >= 0.6 is 0 Å². The topological polar surface area (TPSA) is 55.1 Å². The van der Waals surface area contributed by atoms with Gasteiger partial charge in [0.2, 0.25) is 5.91 Å². The van der Waals surface area contributed by atoms with Crippen LogP contribution < -0.4 is 11.1 Å². The van der Waals surface area contributed by atoms with Crippen molar-refractivity contribution < 1.29 is 4.79 Å². The summed E-state index contributed by atoms with van der Waals surface area (Å²) < 4.78 is 0. The summed E-state index contributed by atoms with van der Waals surface area (Å²) in [6, 6.07) is 8.89. The maximum absolute atomic E-state index is 11.8. The van der Waals surface area contributed by atoms with Gasteiger partial charge in [-0.05, 0) is 43.7 Å². The first-order valence-electron chi connectivity index (χ1n) is 6.77. The van der Waals surface area contributed by atoms with Gasteiger partial charge in [-0.1, -0.05) is 24.3 Å². The molecule has 18 heavy (non-hydrogen) atoms. The van der Waals surface area contributed by atoms with Gasteiger partial charge in [0.25, 0.3) is 0 Å². The lowest BCUT2D eigenvalue weighted by molar-refractivity contribution is -0.121. The third-order valence-electron chi connectivity index (χ3n) is 3.48. The number of benzene rings is 1. The first-order chi connectivity index (χ1) is 8.65. The van der Waals surface area contributed by atoms with Crippen molar-refractivity contribution >= 4 is 5.91 Å². The van der Waals surface area contributed by atoms with Crippen LogP contribution in [0.5, 0.6) is 0 Å². The Morgan fingerprint density at radius 3 is 2.56 bits per heavy atom. The molecule has 98 valence electrons. The first kappa shape index (κ1) is 13.1. The third kappa shape index (κ3) is 3.57. The van der Waals surface area contributed by atoms with Crippen molar-refractivity contribution in [2.45, 2.75) is 51.1 Å². The summed E-state index contributed by atoms with van der Waals surface area (Å²) in [6.07, 6.45) is 4.32. The Morgan fingerprint density at radius 2 is 2.00 bits per heavy atom. The second kappa shape index (κ2) is 6.01. The zero-order valence-corrected chi connectivity index (χ0v) is 11.0. The molecule has 0 saturated heterocycles. The van der Waals surface area contributed by atoms with E-state index >= 15 is 0 Å². The largest absolute Gasteiger partial charge is 0.353 e. The minimum Gasteiger partial charge on any atom is -0.353 e. The molecule has 3 N–H and O–H groups in total. The number of amides is 1. The molecule has 0 spiro atoms. The summed E-state index contributed by atoms with van der Waals surface area (Å²) in [5.74, 6) is 0.161. The Labute approximate surface area is 109 Å². The molecule has 0 fully saturated rings. The highest BCUT2D eigenvalue weighted by Crippen LogP contribution is 2.21. The van der Waals surface area contributed by atoms with Gasteiger partial charge in [0.05, 0.1) is 0 Å². The average Bonchev–Trinajstić information content (AvgIpc) is 2.70. The van der Waals surface area contributed by atoms with E-state index in [-0.39, 0.29) is 18.0 Å². The van der Waals surface area contributed by atoms with Crippen LogP contribution in [0, 0.1) is 0 Å². The number of carbonyl (C=O) groups excluding carboxylic acids is 1. The Hall–Kier alpha value is -1.35. The van der Waals surface area contributed by atoms with Gasteiger partial charge in [0.1, 0.15) is 0 Å². The van der Waals surface area contributed by atoms with Gasteiger partial charge in [0.15, 0.2) is 0 Å². The van der Waals surface area contributed by atoms with Crippen LogP contribution in [0.25, 0.3) is 0 Å². The predicted octanol–water partition coefficient (Wildman–Crippen LogP) is 1.79. The minimum atomic E-state index is 0.161. The maximum atomic E-state index is 11.8. The molecule has 1 aliphatic carbocycles. The SMILES string of the molecule is CC(N)CCCC(=O)NC1Cc2ccccc2C1. The number of hydrogen-bond donors (Lipinski definition) is 2. The molecule has 1 amide bonds. The van der Waals surface area contributed by atoms with Crippen LogP contribution in [0.3, 0.4) is 0 Å². The molecule has 0 radical (unpaired) electrons. The molecule has 3 nitrogen and oxygen atoms in total. The van der Waals surface area contributed by atoms with Crippen molar-refractivity contribution in [2.24, 2.45) is 5.73 Å². The Balaban J connectivity index is 1.74. The van der Waals surface area contributed by atoms with Crippen LogP contribution in [0.4, 0.5) is 0 Å². The Morgan fingerprint density at radius 1 is 1.39 bits per heavy atom. The van der Waals surface area contributed by atoms with Gasteiger partial charge < -0.3 is 11.1 Å². The second-order valence-electron chi connectivity index (χ2n) is 5.31. The standard InChI is InChI=1S/C15H22N2O/c1-11(16)5-4-8-15(18)17-14-9-12-6-2-3-7-13(12)10-14/h2-3,6-7,11,14H,4-5,8-10,16H2,1H3,(H,17,18). The lowest BCUT2D eigenvalue weighted by Crippen LogP contribution is -2.35. The van der Waals surface area contributed by atoms with E-state index in [0.29, 0.717) is 6.42 Å². The number of hydrogen-bond acceptors (Lipinski definition) is 2. The number of carbonyl (C=O) groups is 1. The van der Waals surface area contributed by atoms with E-state index in [1.165, 1.54) is 11.1 Å². The fourth-order valence-electron chi connectivity index (χ4n) is 2.55. The van der Waals surface area contributed by atoms with E-state index in [9.17, 15) is 4.79 Å². The van der Waals surface area contributed by atoms with Crippen LogP contribution in [0.2, 0.25) is 0 Å². The van der Waals surface area contributed by atoms with Crippen LogP contribution in [-0.4, -0.2) is 18.0 Å². The molecule has 0 bridgehead atoms. The molecule has 2 rings (SSSR count). The fourth-order valence-corrected chi connectivity index (χ4v) is 2.55. The lowest BCUT2D eigenvalue weighted by atomic mass is 10.1. The summed E-state index contributed by atoms with van der Waals surface area (Å²) in [7, 11) is 0. The summed E-state index contributed by atoms with van der Waals surface area (Å²) in [5.41, 5.74) is 8.42. The van der Waals surface area contributed by atoms with E-state index in [1.807, 2.05) is 6.92 Å². The smallest absolute Gasteiger partial charge is 0.220 e. The molecule has 1 aromatic carbocycles. The van der Waals surface area contributed by atoms with Crippen LogP contribution in [-0.2, 0) is 17.6 Å². The number of fused-ring (bicyclic) bond motifs is 1. The van der Waals surface area contributed by atoms with Crippen LogP contribution in [0.1, 0.15) is 37.3 Å². The Bertz CT molecular complexity index is 390. The average molecular weight is 246 g/mol. The highest BCUT2D eigenvalue weighted by Gasteiger charge is 2.21. The second-order valence-corrected chi connectivity index (χ2v) is 5.31. The van der Waals surface area contributed by atoms with E-state index < -0.39 is 0 Å². The normalized spacial score (nSPS) is 16.3. The van der Waals surface area contributed by atoms with Gasteiger partial charge in [-0.25, -0.2) is 0 Å².